The van der Waals surface area contributed by atoms with Gasteiger partial charge in [0.1, 0.15) is 0 Å². The third-order valence-corrected chi connectivity index (χ3v) is 5.58. The van der Waals surface area contributed by atoms with E-state index in [9.17, 15) is 8.42 Å². The van der Waals surface area contributed by atoms with E-state index in [1.54, 1.807) is 12.1 Å². The van der Waals surface area contributed by atoms with Crippen LogP contribution in [0.15, 0.2) is 29.2 Å². The molecule has 0 bridgehead atoms. The minimum atomic E-state index is -3.43. The van der Waals surface area contributed by atoms with Crippen molar-refractivity contribution in [2.75, 3.05) is 19.8 Å². The molecule has 21 heavy (non-hydrogen) atoms. The highest BCUT2D eigenvalue weighted by molar-refractivity contribution is 7.89. The molecule has 2 rings (SSSR count). The van der Waals surface area contributed by atoms with E-state index in [0.717, 1.165) is 12.1 Å². The van der Waals surface area contributed by atoms with E-state index in [1.165, 1.54) is 4.31 Å². The van der Waals surface area contributed by atoms with Gasteiger partial charge in [-0.05, 0) is 24.6 Å². The normalized spacial score (nSPS) is 20.9. The Kier molecular flexibility index (Phi) is 5.37. The van der Waals surface area contributed by atoms with Crippen LogP contribution < -0.4 is 5.32 Å². The number of rotatable bonds is 5. The Morgan fingerprint density at radius 1 is 1.33 bits per heavy atom. The van der Waals surface area contributed by atoms with Crippen LogP contribution in [0.25, 0.3) is 0 Å². The topological polar surface area (TPSA) is 58.6 Å². The molecule has 0 aromatic heterocycles. The zero-order valence-electron chi connectivity index (χ0n) is 12.9. The van der Waals surface area contributed by atoms with Gasteiger partial charge in [-0.25, -0.2) is 8.42 Å². The van der Waals surface area contributed by atoms with Crippen LogP contribution >= 0.6 is 0 Å². The number of hydrogen-bond donors (Lipinski definition) is 1. The quantitative estimate of drug-likeness (QED) is 0.897. The Bertz CT molecular complexity index is 555. The molecule has 0 radical (unpaired) electrons. The molecular weight excluding hydrogens is 288 g/mol. The first kappa shape index (κ1) is 16.4. The van der Waals surface area contributed by atoms with E-state index in [2.05, 4.69) is 19.2 Å². The van der Waals surface area contributed by atoms with Crippen LogP contribution in [0.3, 0.4) is 0 Å². The summed E-state index contributed by atoms with van der Waals surface area (Å²) in [5.41, 5.74) is 1.08. The van der Waals surface area contributed by atoms with E-state index in [0.29, 0.717) is 30.7 Å². The van der Waals surface area contributed by atoms with Gasteiger partial charge in [-0.2, -0.15) is 4.31 Å². The van der Waals surface area contributed by atoms with Crippen molar-refractivity contribution in [2.45, 2.75) is 44.3 Å². The van der Waals surface area contributed by atoms with E-state index >= 15 is 0 Å². The summed E-state index contributed by atoms with van der Waals surface area (Å²) in [5.74, 6) is 0. The van der Waals surface area contributed by atoms with Crippen molar-refractivity contribution < 1.29 is 13.2 Å². The summed E-state index contributed by atoms with van der Waals surface area (Å²) in [6.45, 7) is 8.11. The number of morpholine rings is 1. The van der Waals surface area contributed by atoms with Gasteiger partial charge in [0.15, 0.2) is 0 Å². The number of hydrogen-bond acceptors (Lipinski definition) is 4. The largest absolute Gasteiger partial charge is 0.378 e. The molecule has 1 atom stereocenters. The number of ether oxygens (including phenoxy) is 1. The molecule has 0 aliphatic carbocycles. The standard InChI is InChI=1S/C15H24N2O3S/c1-12(2)16-10-14-4-6-15(7-5-14)21(18,19)17-8-9-20-11-13(17)3/h4-7,12-13,16H,8-11H2,1-3H3. The van der Waals surface area contributed by atoms with Crippen molar-refractivity contribution in [1.29, 1.82) is 0 Å². The molecule has 6 heteroatoms. The summed E-state index contributed by atoms with van der Waals surface area (Å²) < 4.78 is 32.1. The fourth-order valence-electron chi connectivity index (χ4n) is 2.31. The van der Waals surface area contributed by atoms with Crippen LogP contribution in [0.4, 0.5) is 0 Å². The van der Waals surface area contributed by atoms with Gasteiger partial charge in [-0.1, -0.05) is 26.0 Å². The molecule has 5 nitrogen and oxygen atoms in total. The first-order chi connectivity index (χ1) is 9.91. The number of benzene rings is 1. The van der Waals surface area contributed by atoms with Crippen LogP contribution in [-0.4, -0.2) is 44.6 Å². The Labute approximate surface area is 127 Å². The monoisotopic (exact) mass is 312 g/mol. The average Bonchev–Trinajstić information content (AvgIpc) is 2.46. The van der Waals surface area contributed by atoms with Gasteiger partial charge in [0.2, 0.25) is 10.0 Å². The third-order valence-electron chi connectivity index (χ3n) is 3.55. The Morgan fingerprint density at radius 2 is 2.00 bits per heavy atom. The second-order valence-electron chi connectivity index (χ2n) is 5.72. The average molecular weight is 312 g/mol. The van der Waals surface area contributed by atoms with E-state index in [-0.39, 0.29) is 6.04 Å². The van der Waals surface area contributed by atoms with Crippen molar-refractivity contribution in [3.05, 3.63) is 29.8 Å². The summed E-state index contributed by atoms with van der Waals surface area (Å²) in [6.07, 6.45) is 0. The molecule has 1 aliphatic heterocycles. The molecule has 1 aromatic carbocycles. The van der Waals surface area contributed by atoms with Crippen molar-refractivity contribution in [3.63, 3.8) is 0 Å². The maximum Gasteiger partial charge on any atom is 0.243 e. The summed E-state index contributed by atoms with van der Waals surface area (Å²) in [6, 6.07) is 7.40. The van der Waals surface area contributed by atoms with Crippen LogP contribution in [0.5, 0.6) is 0 Å². The number of nitrogens with zero attached hydrogens (tertiary/aromatic N) is 1. The molecular formula is C15H24N2O3S. The lowest BCUT2D eigenvalue weighted by molar-refractivity contribution is 0.0393. The predicted octanol–water partition coefficient (Wildman–Crippen LogP) is 1.59. The second-order valence-corrected chi connectivity index (χ2v) is 7.61. The van der Waals surface area contributed by atoms with E-state index in [1.807, 2.05) is 19.1 Å². The zero-order chi connectivity index (χ0) is 15.5. The lowest BCUT2D eigenvalue weighted by Crippen LogP contribution is -2.46. The minimum absolute atomic E-state index is 0.119. The van der Waals surface area contributed by atoms with Crippen molar-refractivity contribution in [3.8, 4) is 0 Å². The molecule has 1 heterocycles. The summed E-state index contributed by atoms with van der Waals surface area (Å²) >= 11 is 0. The maximum atomic E-state index is 12.6. The van der Waals surface area contributed by atoms with E-state index in [4.69, 9.17) is 4.74 Å². The molecule has 1 fully saturated rings. The smallest absolute Gasteiger partial charge is 0.243 e. The molecule has 0 spiro atoms. The van der Waals surface area contributed by atoms with Gasteiger partial charge in [-0.15, -0.1) is 0 Å². The van der Waals surface area contributed by atoms with Crippen molar-refractivity contribution in [2.24, 2.45) is 0 Å². The Hall–Kier alpha value is -0.950. The molecule has 1 saturated heterocycles. The molecule has 118 valence electrons. The highest BCUT2D eigenvalue weighted by Gasteiger charge is 2.31. The number of sulfonamides is 1. The van der Waals surface area contributed by atoms with Crippen LogP contribution in [0.1, 0.15) is 26.3 Å². The Morgan fingerprint density at radius 3 is 2.57 bits per heavy atom. The molecule has 1 unspecified atom stereocenters. The van der Waals surface area contributed by atoms with Crippen LogP contribution in [0, 0.1) is 0 Å². The van der Waals surface area contributed by atoms with Crippen LogP contribution in [0.2, 0.25) is 0 Å². The molecule has 0 amide bonds. The summed E-state index contributed by atoms with van der Waals surface area (Å²) in [4.78, 5) is 0.351. The Balaban J connectivity index is 2.13. The first-order valence-electron chi connectivity index (χ1n) is 7.33. The maximum absolute atomic E-state index is 12.6. The third kappa shape index (κ3) is 4.03. The van der Waals surface area contributed by atoms with Gasteiger partial charge in [0, 0.05) is 25.2 Å². The van der Waals surface area contributed by atoms with Gasteiger partial charge >= 0.3 is 0 Å². The summed E-state index contributed by atoms with van der Waals surface area (Å²) in [7, 11) is -3.43. The van der Waals surface area contributed by atoms with Gasteiger partial charge < -0.3 is 10.1 Å². The van der Waals surface area contributed by atoms with Gasteiger partial charge in [-0.3, -0.25) is 0 Å². The zero-order valence-corrected chi connectivity index (χ0v) is 13.7. The first-order valence-corrected chi connectivity index (χ1v) is 8.77. The lowest BCUT2D eigenvalue weighted by Gasteiger charge is -2.32. The molecule has 1 N–H and O–H groups in total. The molecule has 1 aromatic rings. The second kappa shape index (κ2) is 6.87. The number of nitrogens with one attached hydrogen (secondary N) is 1. The summed E-state index contributed by atoms with van der Waals surface area (Å²) in [5, 5.41) is 3.31. The van der Waals surface area contributed by atoms with Crippen LogP contribution in [-0.2, 0) is 21.3 Å². The molecule has 0 saturated carbocycles. The van der Waals surface area contributed by atoms with E-state index < -0.39 is 10.0 Å². The van der Waals surface area contributed by atoms with Gasteiger partial charge in [0.05, 0.1) is 18.1 Å². The van der Waals surface area contributed by atoms with Crippen molar-refractivity contribution >= 4 is 10.0 Å². The SMILES string of the molecule is CC(C)NCc1ccc(S(=O)(=O)N2CCOCC2C)cc1. The fourth-order valence-corrected chi connectivity index (χ4v) is 3.91. The highest BCUT2D eigenvalue weighted by Crippen LogP contribution is 2.20. The lowest BCUT2D eigenvalue weighted by atomic mass is 10.2. The predicted molar refractivity (Wildman–Crippen MR) is 82.6 cm³/mol. The van der Waals surface area contributed by atoms with Crippen molar-refractivity contribution in [1.82, 2.24) is 9.62 Å². The minimum Gasteiger partial charge on any atom is -0.378 e. The van der Waals surface area contributed by atoms with Gasteiger partial charge in [0.25, 0.3) is 0 Å². The fraction of sp³-hybridized carbons (Fsp3) is 0.600. The highest BCUT2D eigenvalue weighted by atomic mass is 32.2. The molecule has 1 aliphatic rings.